The molecule has 0 atom stereocenters. The molecule has 0 aliphatic rings. The minimum Gasteiger partial charge on any atom is -0.192 e. The van der Waals surface area contributed by atoms with Crippen molar-refractivity contribution in [3.63, 3.8) is 0 Å². The molecule has 0 radical (unpaired) electrons. The maximum Gasteiger partial charge on any atom is 0.0992 e. The second kappa shape index (κ2) is 6.15. The Labute approximate surface area is 120 Å². The van der Waals surface area contributed by atoms with Gasteiger partial charge in [-0.15, -0.1) is 11.8 Å². The van der Waals surface area contributed by atoms with Gasteiger partial charge in [-0.2, -0.15) is 5.26 Å². The molecule has 0 aliphatic heterocycles. The van der Waals surface area contributed by atoms with Crippen molar-refractivity contribution in [2.45, 2.75) is 10.6 Å². The summed E-state index contributed by atoms with van der Waals surface area (Å²) in [6.45, 7) is 0. The summed E-state index contributed by atoms with van der Waals surface area (Å²) in [5.74, 6) is 0.755. The summed E-state index contributed by atoms with van der Waals surface area (Å²) in [5.41, 5.74) is 1.65. The first kappa shape index (κ1) is 13.3. The highest BCUT2D eigenvalue weighted by Crippen LogP contribution is 2.32. The number of hydrogen-bond donors (Lipinski definition) is 0. The average Bonchev–Trinajstić information content (AvgIpc) is 2.39. The molecule has 0 N–H and O–H groups in total. The van der Waals surface area contributed by atoms with Gasteiger partial charge in [0.1, 0.15) is 0 Å². The molecule has 2 aromatic carbocycles. The summed E-state index contributed by atoms with van der Waals surface area (Å²) in [7, 11) is 0. The molecule has 0 aliphatic carbocycles. The fourth-order valence-corrected chi connectivity index (χ4v) is 3.01. The quantitative estimate of drug-likeness (QED) is 0.730. The highest BCUT2D eigenvalue weighted by Gasteiger charge is 2.05. The van der Waals surface area contributed by atoms with Gasteiger partial charge in [0, 0.05) is 15.7 Å². The molecule has 0 unspecified atom stereocenters. The Balaban J connectivity index is 2.12. The van der Waals surface area contributed by atoms with E-state index >= 15 is 0 Å². The molecule has 0 aromatic heterocycles. The van der Waals surface area contributed by atoms with Crippen LogP contribution in [0.15, 0.2) is 47.4 Å². The number of hydrogen-bond acceptors (Lipinski definition) is 2. The fourth-order valence-electron chi connectivity index (χ4n) is 1.46. The Morgan fingerprint density at radius 2 is 1.83 bits per heavy atom. The molecule has 18 heavy (non-hydrogen) atoms. The SMILES string of the molecule is N#Cc1ccc(SCc2ccccc2Cl)c(Cl)c1. The van der Waals surface area contributed by atoms with Crippen LogP contribution in [0.2, 0.25) is 10.0 Å². The van der Waals surface area contributed by atoms with Gasteiger partial charge in [0.05, 0.1) is 16.7 Å². The monoisotopic (exact) mass is 293 g/mol. The lowest BCUT2D eigenvalue weighted by molar-refractivity contribution is 1.37. The second-order valence-corrected chi connectivity index (χ2v) is 5.47. The molecule has 0 saturated heterocycles. The van der Waals surface area contributed by atoms with Gasteiger partial charge >= 0.3 is 0 Å². The molecule has 0 bridgehead atoms. The second-order valence-electron chi connectivity index (χ2n) is 3.64. The van der Waals surface area contributed by atoms with E-state index in [9.17, 15) is 0 Å². The van der Waals surface area contributed by atoms with E-state index < -0.39 is 0 Å². The van der Waals surface area contributed by atoms with E-state index in [1.807, 2.05) is 30.3 Å². The minimum atomic E-state index is 0.571. The number of thioether (sulfide) groups is 1. The Bertz CT molecular complexity index is 605. The van der Waals surface area contributed by atoms with Gasteiger partial charge in [-0.25, -0.2) is 0 Å². The van der Waals surface area contributed by atoms with Gasteiger partial charge in [-0.1, -0.05) is 41.4 Å². The lowest BCUT2D eigenvalue weighted by Crippen LogP contribution is -1.83. The number of benzene rings is 2. The molecule has 90 valence electrons. The summed E-state index contributed by atoms with van der Waals surface area (Å²) in [5, 5.41) is 10.1. The normalized spacial score (nSPS) is 10.1. The first-order chi connectivity index (χ1) is 8.70. The van der Waals surface area contributed by atoms with Gasteiger partial charge < -0.3 is 0 Å². The van der Waals surface area contributed by atoms with Crippen LogP contribution in [0.25, 0.3) is 0 Å². The molecule has 0 spiro atoms. The van der Waals surface area contributed by atoms with Crippen LogP contribution in [-0.2, 0) is 5.75 Å². The predicted octanol–water partition coefficient (Wildman–Crippen LogP) is 5.16. The zero-order valence-corrected chi connectivity index (χ0v) is 11.7. The fraction of sp³-hybridized carbons (Fsp3) is 0.0714. The molecule has 2 aromatic rings. The highest BCUT2D eigenvalue weighted by molar-refractivity contribution is 7.98. The lowest BCUT2D eigenvalue weighted by Gasteiger charge is -2.06. The first-order valence-corrected chi connectivity index (χ1v) is 7.00. The number of halogens is 2. The van der Waals surface area contributed by atoms with Crippen molar-refractivity contribution in [3.8, 4) is 6.07 Å². The van der Waals surface area contributed by atoms with Crippen molar-refractivity contribution in [3.05, 3.63) is 63.6 Å². The molecular formula is C14H9Cl2NS. The lowest BCUT2D eigenvalue weighted by atomic mass is 10.2. The Morgan fingerprint density at radius 3 is 2.50 bits per heavy atom. The standard InChI is InChI=1S/C14H9Cl2NS/c15-12-4-2-1-3-11(12)9-18-14-6-5-10(8-17)7-13(14)16/h1-7H,9H2. The van der Waals surface area contributed by atoms with Gasteiger partial charge in [0.25, 0.3) is 0 Å². The third-order valence-corrected chi connectivity index (χ3v) is 4.32. The topological polar surface area (TPSA) is 23.8 Å². The molecule has 0 saturated carbocycles. The van der Waals surface area contributed by atoms with Crippen molar-refractivity contribution in [1.82, 2.24) is 0 Å². The molecule has 4 heteroatoms. The van der Waals surface area contributed by atoms with E-state index in [4.69, 9.17) is 28.5 Å². The zero-order chi connectivity index (χ0) is 13.0. The third-order valence-electron chi connectivity index (χ3n) is 2.40. The van der Waals surface area contributed by atoms with Crippen LogP contribution in [-0.4, -0.2) is 0 Å². The van der Waals surface area contributed by atoms with E-state index in [-0.39, 0.29) is 0 Å². The molecule has 1 nitrogen and oxygen atoms in total. The first-order valence-electron chi connectivity index (χ1n) is 5.26. The Morgan fingerprint density at radius 1 is 1.06 bits per heavy atom. The number of rotatable bonds is 3. The Kier molecular flexibility index (Phi) is 4.54. The minimum absolute atomic E-state index is 0.571. The summed E-state index contributed by atoms with van der Waals surface area (Å²) in [6, 6.07) is 15.1. The van der Waals surface area contributed by atoms with Crippen molar-refractivity contribution in [1.29, 1.82) is 5.26 Å². The summed E-state index contributed by atoms with van der Waals surface area (Å²) >= 11 is 13.8. The van der Waals surface area contributed by atoms with Gasteiger partial charge in [-0.3, -0.25) is 0 Å². The van der Waals surface area contributed by atoms with Gasteiger partial charge in [-0.05, 0) is 29.8 Å². The van der Waals surface area contributed by atoms with E-state index in [2.05, 4.69) is 6.07 Å². The van der Waals surface area contributed by atoms with E-state index in [0.717, 1.165) is 21.2 Å². The van der Waals surface area contributed by atoms with E-state index in [1.165, 1.54) is 0 Å². The van der Waals surface area contributed by atoms with Gasteiger partial charge in [0.2, 0.25) is 0 Å². The Hall–Kier alpha value is -1.14. The van der Waals surface area contributed by atoms with Crippen LogP contribution < -0.4 is 0 Å². The van der Waals surface area contributed by atoms with E-state index in [1.54, 1.807) is 23.9 Å². The molecule has 0 fully saturated rings. The molecule has 0 heterocycles. The number of nitriles is 1. The average molecular weight is 294 g/mol. The van der Waals surface area contributed by atoms with Crippen molar-refractivity contribution >= 4 is 35.0 Å². The van der Waals surface area contributed by atoms with Crippen LogP contribution in [0.4, 0.5) is 0 Å². The van der Waals surface area contributed by atoms with Crippen LogP contribution >= 0.6 is 35.0 Å². The smallest absolute Gasteiger partial charge is 0.0992 e. The maximum atomic E-state index is 8.76. The van der Waals surface area contributed by atoms with Crippen LogP contribution in [0.1, 0.15) is 11.1 Å². The van der Waals surface area contributed by atoms with Crippen molar-refractivity contribution < 1.29 is 0 Å². The summed E-state index contributed by atoms with van der Waals surface area (Å²) < 4.78 is 0. The third kappa shape index (κ3) is 3.20. The van der Waals surface area contributed by atoms with Crippen molar-refractivity contribution in [2.24, 2.45) is 0 Å². The predicted molar refractivity (Wildman–Crippen MR) is 77.2 cm³/mol. The van der Waals surface area contributed by atoms with Crippen LogP contribution in [0.5, 0.6) is 0 Å². The van der Waals surface area contributed by atoms with Gasteiger partial charge in [0.15, 0.2) is 0 Å². The van der Waals surface area contributed by atoms with Crippen molar-refractivity contribution in [2.75, 3.05) is 0 Å². The maximum absolute atomic E-state index is 8.76. The highest BCUT2D eigenvalue weighted by atomic mass is 35.5. The molecular weight excluding hydrogens is 285 g/mol. The van der Waals surface area contributed by atoms with Crippen LogP contribution in [0, 0.1) is 11.3 Å². The molecule has 0 amide bonds. The summed E-state index contributed by atoms with van der Waals surface area (Å²) in [6.07, 6.45) is 0. The van der Waals surface area contributed by atoms with Crippen LogP contribution in [0.3, 0.4) is 0 Å². The number of nitrogens with zero attached hydrogens (tertiary/aromatic N) is 1. The molecule has 2 rings (SSSR count). The zero-order valence-electron chi connectivity index (χ0n) is 9.36. The summed E-state index contributed by atoms with van der Waals surface area (Å²) in [4.78, 5) is 0.954. The largest absolute Gasteiger partial charge is 0.192 e. The van der Waals surface area contributed by atoms with E-state index in [0.29, 0.717) is 10.6 Å².